The first-order valence-corrected chi connectivity index (χ1v) is 7.62. The summed E-state index contributed by atoms with van der Waals surface area (Å²) in [4.78, 5) is 16.7. The SMILES string of the molecule is CC1(N)CCCCC1C(=O)Nc1cccc(-c2ncn[nH]2)c1. The number of H-pyrrole nitrogens is 1. The van der Waals surface area contributed by atoms with Crippen LogP contribution in [0.2, 0.25) is 0 Å². The summed E-state index contributed by atoms with van der Waals surface area (Å²) in [5.74, 6) is 0.534. The van der Waals surface area contributed by atoms with Crippen molar-refractivity contribution in [3.05, 3.63) is 30.6 Å². The standard InChI is InChI=1S/C16H21N5O/c1-16(17)8-3-2-7-13(16)15(22)20-12-6-4-5-11(9-12)14-18-10-19-21-14/h4-6,9-10,13H,2-3,7-8,17H2,1H3,(H,20,22)(H,18,19,21). The molecule has 1 aliphatic carbocycles. The van der Waals surface area contributed by atoms with E-state index in [1.54, 1.807) is 0 Å². The van der Waals surface area contributed by atoms with Gasteiger partial charge in [0.15, 0.2) is 5.82 Å². The Hall–Kier alpha value is -2.21. The second kappa shape index (κ2) is 5.88. The lowest BCUT2D eigenvalue weighted by Gasteiger charge is -2.37. The number of nitrogens with zero attached hydrogens (tertiary/aromatic N) is 2. The van der Waals surface area contributed by atoms with Crippen LogP contribution in [0.1, 0.15) is 32.6 Å². The van der Waals surface area contributed by atoms with E-state index in [0.717, 1.165) is 36.9 Å². The van der Waals surface area contributed by atoms with E-state index in [-0.39, 0.29) is 11.8 Å². The van der Waals surface area contributed by atoms with Crippen LogP contribution in [0.5, 0.6) is 0 Å². The van der Waals surface area contributed by atoms with Crippen LogP contribution < -0.4 is 11.1 Å². The molecule has 1 aliphatic rings. The number of rotatable bonds is 3. The molecule has 1 saturated carbocycles. The van der Waals surface area contributed by atoms with Crippen molar-refractivity contribution in [2.75, 3.05) is 5.32 Å². The Labute approximate surface area is 129 Å². The zero-order valence-corrected chi connectivity index (χ0v) is 12.7. The summed E-state index contributed by atoms with van der Waals surface area (Å²) in [6, 6.07) is 7.56. The fourth-order valence-electron chi connectivity index (χ4n) is 3.11. The number of carbonyl (C=O) groups is 1. The van der Waals surface area contributed by atoms with Crippen LogP contribution in [0.4, 0.5) is 5.69 Å². The van der Waals surface area contributed by atoms with Gasteiger partial charge in [-0.05, 0) is 31.9 Å². The molecular weight excluding hydrogens is 278 g/mol. The van der Waals surface area contributed by atoms with Crippen molar-refractivity contribution in [1.82, 2.24) is 15.2 Å². The Morgan fingerprint density at radius 1 is 1.45 bits per heavy atom. The van der Waals surface area contributed by atoms with Crippen molar-refractivity contribution in [2.45, 2.75) is 38.1 Å². The van der Waals surface area contributed by atoms with Gasteiger partial charge in [0.25, 0.3) is 0 Å². The van der Waals surface area contributed by atoms with E-state index in [1.807, 2.05) is 31.2 Å². The summed E-state index contributed by atoms with van der Waals surface area (Å²) in [5, 5.41) is 9.65. The van der Waals surface area contributed by atoms with Crippen LogP contribution in [0.25, 0.3) is 11.4 Å². The molecule has 2 atom stereocenters. The Balaban J connectivity index is 1.75. The smallest absolute Gasteiger partial charge is 0.229 e. The second-order valence-electron chi connectivity index (χ2n) is 6.21. The molecule has 2 unspecified atom stereocenters. The third-order valence-electron chi connectivity index (χ3n) is 4.39. The number of nitrogens with two attached hydrogens (primary N) is 1. The summed E-state index contributed by atoms with van der Waals surface area (Å²) in [6.45, 7) is 1.97. The zero-order valence-electron chi connectivity index (χ0n) is 12.7. The lowest BCUT2D eigenvalue weighted by Crippen LogP contribution is -2.51. The molecule has 6 heteroatoms. The van der Waals surface area contributed by atoms with Crippen LogP contribution in [-0.2, 0) is 4.79 Å². The maximum Gasteiger partial charge on any atom is 0.229 e. The highest BCUT2D eigenvalue weighted by Crippen LogP contribution is 2.32. The molecule has 1 aromatic heterocycles. The van der Waals surface area contributed by atoms with Crippen LogP contribution >= 0.6 is 0 Å². The van der Waals surface area contributed by atoms with Crippen molar-refractivity contribution in [2.24, 2.45) is 11.7 Å². The van der Waals surface area contributed by atoms with Crippen LogP contribution in [0.15, 0.2) is 30.6 Å². The minimum atomic E-state index is -0.426. The molecule has 0 spiro atoms. The number of carbonyl (C=O) groups excluding carboxylic acids is 1. The first kappa shape index (κ1) is 14.7. The van der Waals surface area contributed by atoms with Crippen molar-refractivity contribution < 1.29 is 4.79 Å². The molecule has 4 N–H and O–H groups in total. The number of aromatic nitrogens is 3. The Kier molecular flexibility index (Phi) is 3.94. The Bertz CT molecular complexity index is 650. The molecule has 2 aromatic rings. The number of hydrogen-bond acceptors (Lipinski definition) is 4. The van der Waals surface area contributed by atoms with Crippen molar-refractivity contribution in [1.29, 1.82) is 0 Å². The minimum absolute atomic E-state index is 0.000537. The number of benzene rings is 1. The highest BCUT2D eigenvalue weighted by Gasteiger charge is 2.37. The van der Waals surface area contributed by atoms with Gasteiger partial charge in [-0.2, -0.15) is 5.10 Å². The quantitative estimate of drug-likeness (QED) is 0.810. The predicted molar refractivity (Wildman–Crippen MR) is 85.0 cm³/mol. The van der Waals surface area contributed by atoms with E-state index in [2.05, 4.69) is 20.5 Å². The average molecular weight is 299 g/mol. The van der Waals surface area contributed by atoms with Gasteiger partial charge in [-0.1, -0.05) is 25.0 Å². The van der Waals surface area contributed by atoms with E-state index in [1.165, 1.54) is 6.33 Å². The van der Waals surface area contributed by atoms with E-state index < -0.39 is 5.54 Å². The van der Waals surface area contributed by atoms with E-state index in [0.29, 0.717) is 5.82 Å². The highest BCUT2D eigenvalue weighted by molar-refractivity contribution is 5.94. The van der Waals surface area contributed by atoms with Gasteiger partial charge in [0.2, 0.25) is 5.91 Å². The normalized spacial score (nSPS) is 24.9. The lowest BCUT2D eigenvalue weighted by molar-refractivity contribution is -0.122. The monoisotopic (exact) mass is 299 g/mol. The Morgan fingerprint density at radius 3 is 3.05 bits per heavy atom. The fourth-order valence-corrected chi connectivity index (χ4v) is 3.11. The largest absolute Gasteiger partial charge is 0.326 e. The first-order chi connectivity index (χ1) is 10.6. The Morgan fingerprint density at radius 2 is 2.32 bits per heavy atom. The topological polar surface area (TPSA) is 96.7 Å². The summed E-state index contributed by atoms with van der Waals surface area (Å²) in [7, 11) is 0. The number of amides is 1. The molecule has 1 heterocycles. The van der Waals surface area contributed by atoms with Crippen molar-refractivity contribution in [3.63, 3.8) is 0 Å². The molecule has 6 nitrogen and oxygen atoms in total. The van der Waals surface area contributed by atoms with Gasteiger partial charge in [0, 0.05) is 16.8 Å². The molecule has 0 radical (unpaired) electrons. The molecule has 22 heavy (non-hydrogen) atoms. The first-order valence-electron chi connectivity index (χ1n) is 7.62. The van der Waals surface area contributed by atoms with E-state index in [4.69, 9.17) is 5.73 Å². The number of nitrogens with one attached hydrogen (secondary N) is 2. The summed E-state index contributed by atoms with van der Waals surface area (Å²) in [6.07, 6.45) is 5.35. The molecule has 1 fully saturated rings. The van der Waals surface area contributed by atoms with Gasteiger partial charge in [-0.3, -0.25) is 9.89 Å². The molecule has 116 valence electrons. The molecular formula is C16H21N5O. The highest BCUT2D eigenvalue weighted by atomic mass is 16.1. The lowest BCUT2D eigenvalue weighted by atomic mass is 9.74. The van der Waals surface area contributed by atoms with Gasteiger partial charge < -0.3 is 11.1 Å². The van der Waals surface area contributed by atoms with Gasteiger partial charge in [0.05, 0.1) is 5.92 Å². The second-order valence-corrected chi connectivity index (χ2v) is 6.21. The number of hydrogen-bond donors (Lipinski definition) is 3. The summed E-state index contributed by atoms with van der Waals surface area (Å²) in [5.41, 5.74) is 7.51. The van der Waals surface area contributed by atoms with Gasteiger partial charge in [0.1, 0.15) is 6.33 Å². The van der Waals surface area contributed by atoms with E-state index in [9.17, 15) is 4.79 Å². The number of aromatic amines is 1. The predicted octanol–water partition coefficient (Wildman–Crippen LogP) is 2.32. The molecule has 0 bridgehead atoms. The average Bonchev–Trinajstić information content (AvgIpc) is 3.01. The number of anilines is 1. The van der Waals surface area contributed by atoms with Crippen LogP contribution in [-0.4, -0.2) is 26.6 Å². The fraction of sp³-hybridized carbons (Fsp3) is 0.438. The molecule has 0 saturated heterocycles. The zero-order chi connectivity index (χ0) is 15.6. The maximum absolute atomic E-state index is 12.6. The molecule has 1 amide bonds. The van der Waals surface area contributed by atoms with Gasteiger partial charge in [-0.15, -0.1) is 0 Å². The molecule has 3 rings (SSSR count). The van der Waals surface area contributed by atoms with E-state index >= 15 is 0 Å². The van der Waals surface area contributed by atoms with Crippen LogP contribution in [0.3, 0.4) is 0 Å². The van der Waals surface area contributed by atoms with Gasteiger partial charge >= 0.3 is 0 Å². The summed E-state index contributed by atoms with van der Waals surface area (Å²) >= 11 is 0. The third-order valence-corrected chi connectivity index (χ3v) is 4.39. The van der Waals surface area contributed by atoms with Crippen molar-refractivity contribution in [3.8, 4) is 11.4 Å². The minimum Gasteiger partial charge on any atom is -0.326 e. The molecule has 0 aliphatic heterocycles. The maximum atomic E-state index is 12.6. The van der Waals surface area contributed by atoms with Gasteiger partial charge in [-0.25, -0.2) is 4.98 Å². The van der Waals surface area contributed by atoms with Crippen LogP contribution in [0, 0.1) is 5.92 Å². The third kappa shape index (κ3) is 3.01. The van der Waals surface area contributed by atoms with Crippen molar-refractivity contribution >= 4 is 11.6 Å². The molecule has 1 aromatic carbocycles. The summed E-state index contributed by atoms with van der Waals surface area (Å²) < 4.78 is 0.